The first kappa shape index (κ1) is 12.7. The molecule has 90 valence electrons. The van der Waals surface area contributed by atoms with Crippen LogP contribution in [0, 0.1) is 5.92 Å². The predicted octanol–water partition coefficient (Wildman–Crippen LogP) is -0.249. The van der Waals surface area contributed by atoms with E-state index in [2.05, 4.69) is 9.97 Å². The van der Waals surface area contributed by atoms with Gasteiger partial charge >= 0.3 is 5.97 Å². The summed E-state index contributed by atoms with van der Waals surface area (Å²) in [5, 5.41) is 8.64. The fourth-order valence-corrected chi connectivity index (χ4v) is 2.27. The maximum Gasteiger partial charge on any atom is 0.307 e. The van der Waals surface area contributed by atoms with Crippen molar-refractivity contribution in [1.29, 1.82) is 0 Å². The third-order valence-corrected chi connectivity index (χ3v) is 3.86. The SMILES string of the molecule is CC(CN(C)S(=O)(=O)c1cnc[nH]1)C(=O)O. The molecule has 7 nitrogen and oxygen atoms in total. The van der Waals surface area contributed by atoms with Crippen molar-refractivity contribution in [2.45, 2.75) is 11.9 Å². The molecule has 0 radical (unpaired) electrons. The topological polar surface area (TPSA) is 103 Å². The highest BCUT2D eigenvalue weighted by Crippen LogP contribution is 2.11. The van der Waals surface area contributed by atoms with Crippen LogP contribution in [0.5, 0.6) is 0 Å². The maximum atomic E-state index is 11.8. The van der Waals surface area contributed by atoms with Gasteiger partial charge < -0.3 is 10.1 Å². The van der Waals surface area contributed by atoms with Crippen LogP contribution in [0.4, 0.5) is 0 Å². The Morgan fingerprint density at radius 1 is 1.69 bits per heavy atom. The smallest absolute Gasteiger partial charge is 0.307 e. The number of aromatic amines is 1. The Balaban J connectivity index is 2.82. The van der Waals surface area contributed by atoms with Gasteiger partial charge in [-0.2, -0.15) is 4.31 Å². The second kappa shape index (κ2) is 4.62. The second-order valence-corrected chi connectivity index (χ2v) is 5.45. The first-order valence-electron chi connectivity index (χ1n) is 4.53. The zero-order valence-electron chi connectivity index (χ0n) is 8.91. The van der Waals surface area contributed by atoms with E-state index in [-0.39, 0.29) is 11.6 Å². The Morgan fingerprint density at radius 3 is 2.75 bits per heavy atom. The van der Waals surface area contributed by atoms with Crippen molar-refractivity contribution >= 4 is 16.0 Å². The second-order valence-electron chi connectivity index (χ2n) is 3.44. The molecule has 16 heavy (non-hydrogen) atoms. The van der Waals surface area contributed by atoms with Gasteiger partial charge in [0.25, 0.3) is 10.0 Å². The number of carbonyl (C=O) groups is 1. The minimum absolute atomic E-state index is 0.0485. The normalized spacial score (nSPS) is 13.9. The number of H-pyrrole nitrogens is 1. The molecule has 1 heterocycles. The van der Waals surface area contributed by atoms with Crippen LogP contribution in [0.15, 0.2) is 17.6 Å². The van der Waals surface area contributed by atoms with Crippen LogP contribution in [0.2, 0.25) is 0 Å². The number of sulfonamides is 1. The Labute approximate surface area is 93.2 Å². The minimum atomic E-state index is -3.67. The van der Waals surface area contributed by atoms with E-state index in [1.54, 1.807) is 0 Å². The van der Waals surface area contributed by atoms with Crippen molar-refractivity contribution < 1.29 is 18.3 Å². The average molecular weight is 247 g/mol. The van der Waals surface area contributed by atoms with E-state index in [1.165, 1.54) is 26.5 Å². The molecule has 0 saturated carbocycles. The van der Waals surface area contributed by atoms with Gasteiger partial charge in [0.2, 0.25) is 0 Å². The molecule has 1 rings (SSSR count). The quantitative estimate of drug-likeness (QED) is 0.746. The number of imidazole rings is 1. The summed E-state index contributed by atoms with van der Waals surface area (Å²) in [6.45, 7) is 1.36. The maximum absolute atomic E-state index is 11.8. The van der Waals surface area contributed by atoms with Crippen LogP contribution in [-0.2, 0) is 14.8 Å². The van der Waals surface area contributed by atoms with E-state index < -0.39 is 21.9 Å². The van der Waals surface area contributed by atoms with Crippen molar-refractivity contribution in [2.75, 3.05) is 13.6 Å². The third-order valence-electron chi connectivity index (χ3n) is 2.11. The Kier molecular flexibility index (Phi) is 3.66. The molecule has 1 aromatic rings. The zero-order chi connectivity index (χ0) is 12.3. The standard InChI is InChI=1S/C8H13N3O4S/c1-6(8(12)13)4-11(2)16(14,15)7-3-9-5-10-7/h3,5-6H,4H2,1-2H3,(H,9,10)(H,12,13). The largest absolute Gasteiger partial charge is 0.481 e. The summed E-state index contributed by atoms with van der Waals surface area (Å²) in [6, 6.07) is 0. The monoisotopic (exact) mass is 247 g/mol. The highest BCUT2D eigenvalue weighted by atomic mass is 32.2. The molecule has 0 aliphatic heterocycles. The van der Waals surface area contributed by atoms with Crippen molar-refractivity contribution in [3.63, 3.8) is 0 Å². The van der Waals surface area contributed by atoms with E-state index in [0.29, 0.717) is 0 Å². The lowest BCUT2D eigenvalue weighted by molar-refractivity contribution is -0.141. The predicted molar refractivity (Wildman–Crippen MR) is 55.2 cm³/mol. The fraction of sp³-hybridized carbons (Fsp3) is 0.500. The molecular weight excluding hydrogens is 234 g/mol. The highest BCUT2D eigenvalue weighted by molar-refractivity contribution is 7.89. The van der Waals surface area contributed by atoms with Gasteiger partial charge in [-0.25, -0.2) is 13.4 Å². The van der Waals surface area contributed by atoms with Crippen LogP contribution < -0.4 is 0 Å². The van der Waals surface area contributed by atoms with Crippen molar-refractivity contribution in [2.24, 2.45) is 5.92 Å². The molecule has 0 fully saturated rings. The first-order chi connectivity index (χ1) is 7.35. The molecule has 0 spiro atoms. The third kappa shape index (κ3) is 2.58. The van der Waals surface area contributed by atoms with Gasteiger partial charge in [-0.05, 0) is 0 Å². The molecular formula is C8H13N3O4S. The van der Waals surface area contributed by atoms with Crippen molar-refractivity contribution in [3.8, 4) is 0 Å². The van der Waals surface area contributed by atoms with Crippen LogP contribution in [0.3, 0.4) is 0 Å². The number of hydrogen-bond donors (Lipinski definition) is 2. The average Bonchev–Trinajstić information content (AvgIpc) is 2.70. The number of carboxylic acid groups (broad SMARTS) is 1. The summed E-state index contributed by atoms with van der Waals surface area (Å²) in [4.78, 5) is 16.7. The van der Waals surface area contributed by atoms with E-state index >= 15 is 0 Å². The molecule has 0 bridgehead atoms. The van der Waals surface area contributed by atoms with Crippen LogP contribution in [-0.4, -0.2) is 47.4 Å². The van der Waals surface area contributed by atoms with Gasteiger partial charge in [0.05, 0.1) is 18.4 Å². The van der Waals surface area contributed by atoms with Crippen LogP contribution in [0.1, 0.15) is 6.92 Å². The van der Waals surface area contributed by atoms with E-state index in [1.807, 2.05) is 0 Å². The summed E-state index contributed by atoms with van der Waals surface area (Å²) in [5.41, 5.74) is 0. The lowest BCUT2D eigenvalue weighted by Gasteiger charge is -2.17. The number of aliphatic carboxylic acids is 1. The summed E-state index contributed by atoms with van der Waals surface area (Å²) >= 11 is 0. The van der Waals surface area contributed by atoms with Gasteiger partial charge in [-0.3, -0.25) is 4.79 Å². The summed E-state index contributed by atoms with van der Waals surface area (Å²) in [7, 11) is -2.34. The molecule has 0 saturated heterocycles. The number of nitrogens with zero attached hydrogens (tertiary/aromatic N) is 2. The highest BCUT2D eigenvalue weighted by Gasteiger charge is 2.25. The van der Waals surface area contributed by atoms with E-state index in [9.17, 15) is 13.2 Å². The molecule has 1 atom stereocenters. The van der Waals surface area contributed by atoms with Crippen molar-refractivity contribution in [3.05, 3.63) is 12.5 Å². The molecule has 2 N–H and O–H groups in total. The number of nitrogens with one attached hydrogen (secondary N) is 1. The Hall–Kier alpha value is -1.41. The lowest BCUT2D eigenvalue weighted by Crippen LogP contribution is -2.33. The van der Waals surface area contributed by atoms with Gasteiger partial charge in [0, 0.05) is 13.6 Å². The van der Waals surface area contributed by atoms with Crippen molar-refractivity contribution in [1.82, 2.24) is 14.3 Å². The first-order valence-corrected chi connectivity index (χ1v) is 5.97. The summed E-state index contributed by atoms with van der Waals surface area (Å²) in [5.74, 6) is -1.80. The summed E-state index contributed by atoms with van der Waals surface area (Å²) in [6.07, 6.45) is 2.43. The molecule has 1 unspecified atom stereocenters. The lowest BCUT2D eigenvalue weighted by atomic mass is 10.2. The van der Waals surface area contributed by atoms with Gasteiger partial charge in [-0.15, -0.1) is 0 Å². The Bertz CT molecular complexity index is 454. The Morgan fingerprint density at radius 2 is 2.31 bits per heavy atom. The number of carboxylic acids is 1. The fourth-order valence-electron chi connectivity index (χ4n) is 1.11. The molecule has 0 aromatic carbocycles. The van der Waals surface area contributed by atoms with Gasteiger partial charge in [0.15, 0.2) is 5.03 Å². The molecule has 8 heteroatoms. The minimum Gasteiger partial charge on any atom is -0.481 e. The zero-order valence-corrected chi connectivity index (χ0v) is 9.73. The number of aromatic nitrogens is 2. The van der Waals surface area contributed by atoms with Gasteiger partial charge in [0.1, 0.15) is 0 Å². The van der Waals surface area contributed by atoms with Crippen LogP contribution >= 0.6 is 0 Å². The van der Waals surface area contributed by atoms with E-state index in [4.69, 9.17) is 5.11 Å². The number of hydrogen-bond acceptors (Lipinski definition) is 4. The van der Waals surface area contributed by atoms with Crippen LogP contribution in [0.25, 0.3) is 0 Å². The van der Waals surface area contributed by atoms with Gasteiger partial charge in [-0.1, -0.05) is 6.92 Å². The molecule has 1 aromatic heterocycles. The number of rotatable bonds is 5. The molecule has 0 aliphatic carbocycles. The molecule has 0 amide bonds. The van der Waals surface area contributed by atoms with E-state index in [0.717, 1.165) is 4.31 Å². The summed E-state index contributed by atoms with van der Waals surface area (Å²) < 4.78 is 24.6. The molecule has 0 aliphatic rings.